The molecule has 0 saturated carbocycles. The first-order valence-electron chi connectivity index (χ1n) is 10.3. The van der Waals surface area contributed by atoms with Crippen LogP contribution in [-0.4, -0.2) is 92.3 Å². The van der Waals surface area contributed by atoms with E-state index in [1.165, 1.54) is 0 Å². The number of ether oxygens (including phenoxy) is 2. The molecule has 0 unspecified atom stereocenters. The number of nitrogens with zero attached hydrogens (tertiary/aromatic N) is 3. The number of carbonyl (C=O) groups excluding carboxylic acids is 2. The van der Waals surface area contributed by atoms with Crippen molar-refractivity contribution in [3.63, 3.8) is 0 Å². The largest absolute Gasteiger partial charge is 0.497 e. The summed E-state index contributed by atoms with van der Waals surface area (Å²) in [4.78, 5) is 30.9. The van der Waals surface area contributed by atoms with Gasteiger partial charge < -0.3 is 24.6 Å². The Hall–Kier alpha value is -2.32. The molecular weight excluding hydrogens is 372 g/mol. The second-order valence-electron chi connectivity index (χ2n) is 7.55. The molecule has 1 aromatic carbocycles. The lowest BCUT2D eigenvalue weighted by Crippen LogP contribution is -2.52. The molecule has 29 heavy (non-hydrogen) atoms. The van der Waals surface area contributed by atoms with Crippen molar-refractivity contribution >= 4 is 17.6 Å². The van der Waals surface area contributed by atoms with Gasteiger partial charge in [0.15, 0.2) is 0 Å². The highest BCUT2D eigenvalue weighted by molar-refractivity contribution is 5.89. The van der Waals surface area contributed by atoms with E-state index in [-0.39, 0.29) is 18.0 Å². The van der Waals surface area contributed by atoms with Crippen LogP contribution in [0.3, 0.4) is 0 Å². The van der Waals surface area contributed by atoms with Crippen LogP contribution in [0.25, 0.3) is 0 Å². The van der Waals surface area contributed by atoms with Crippen molar-refractivity contribution in [2.45, 2.75) is 25.8 Å². The fourth-order valence-electron chi connectivity index (χ4n) is 3.91. The number of carbonyl (C=O) groups is 2. The van der Waals surface area contributed by atoms with Gasteiger partial charge in [0.1, 0.15) is 5.75 Å². The van der Waals surface area contributed by atoms with E-state index in [9.17, 15) is 9.59 Å². The first-order valence-corrected chi connectivity index (χ1v) is 10.3. The molecule has 8 heteroatoms. The van der Waals surface area contributed by atoms with Crippen LogP contribution < -0.4 is 10.1 Å². The number of hydrogen-bond donors (Lipinski definition) is 1. The number of morpholine rings is 1. The van der Waals surface area contributed by atoms with Gasteiger partial charge in [-0.3, -0.25) is 9.69 Å². The standard InChI is InChI=1S/C21H32N4O4/c1-17(26)24-8-6-19(7-9-24)25(11-10-23-12-14-29-15-13-23)21(27)22-18-4-3-5-20(16-18)28-2/h3-5,16,19H,6-15H2,1-2H3,(H,22,27). The lowest BCUT2D eigenvalue weighted by Gasteiger charge is -2.39. The summed E-state index contributed by atoms with van der Waals surface area (Å²) in [5.74, 6) is 0.807. The average molecular weight is 405 g/mol. The number of amides is 3. The topological polar surface area (TPSA) is 74.4 Å². The molecule has 8 nitrogen and oxygen atoms in total. The quantitative estimate of drug-likeness (QED) is 0.784. The second kappa shape index (κ2) is 10.5. The Bertz CT molecular complexity index is 685. The van der Waals surface area contributed by atoms with Crippen LogP contribution in [0.4, 0.5) is 10.5 Å². The minimum Gasteiger partial charge on any atom is -0.497 e. The van der Waals surface area contributed by atoms with Crippen molar-refractivity contribution in [1.29, 1.82) is 0 Å². The predicted molar refractivity (Wildman–Crippen MR) is 111 cm³/mol. The molecule has 160 valence electrons. The van der Waals surface area contributed by atoms with Gasteiger partial charge in [-0.15, -0.1) is 0 Å². The van der Waals surface area contributed by atoms with Crippen molar-refractivity contribution in [2.24, 2.45) is 0 Å². The van der Waals surface area contributed by atoms with Crippen LogP contribution in [-0.2, 0) is 9.53 Å². The second-order valence-corrected chi connectivity index (χ2v) is 7.55. The molecule has 0 spiro atoms. The van der Waals surface area contributed by atoms with E-state index < -0.39 is 0 Å². The summed E-state index contributed by atoms with van der Waals surface area (Å²) in [7, 11) is 1.61. The van der Waals surface area contributed by atoms with E-state index in [1.54, 1.807) is 14.0 Å². The Morgan fingerprint density at radius 1 is 1.21 bits per heavy atom. The highest BCUT2D eigenvalue weighted by Crippen LogP contribution is 2.21. The third-order valence-electron chi connectivity index (χ3n) is 5.69. The summed E-state index contributed by atoms with van der Waals surface area (Å²) in [5, 5.41) is 3.02. The molecule has 1 N–H and O–H groups in total. The highest BCUT2D eigenvalue weighted by atomic mass is 16.5. The third kappa shape index (κ3) is 6.08. The average Bonchev–Trinajstić information content (AvgIpc) is 2.75. The number of benzene rings is 1. The Labute approximate surface area is 172 Å². The van der Waals surface area contributed by atoms with Gasteiger partial charge in [-0.1, -0.05) is 6.07 Å². The molecule has 2 heterocycles. The number of urea groups is 1. The maximum Gasteiger partial charge on any atom is 0.322 e. The number of nitrogens with one attached hydrogen (secondary N) is 1. The summed E-state index contributed by atoms with van der Waals surface area (Å²) < 4.78 is 10.7. The van der Waals surface area contributed by atoms with Crippen LogP contribution in [0.2, 0.25) is 0 Å². The van der Waals surface area contributed by atoms with Gasteiger partial charge in [0, 0.05) is 64.0 Å². The van der Waals surface area contributed by atoms with Crippen LogP contribution >= 0.6 is 0 Å². The molecule has 2 aliphatic rings. The number of hydrogen-bond acceptors (Lipinski definition) is 5. The number of rotatable bonds is 6. The van der Waals surface area contributed by atoms with E-state index in [4.69, 9.17) is 9.47 Å². The molecular formula is C21H32N4O4. The maximum atomic E-state index is 13.1. The predicted octanol–water partition coefficient (Wildman–Crippen LogP) is 1.87. The zero-order valence-corrected chi connectivity index (χ0v) is 17.4. The SMILES string of the molecule is COc1cccc(NC(=O)N(CCN2CCOCC2)C2CCN(C(C)=O)CC2)c1. The minimum absolute atomic E-state index is 0.101. The monoisotopic (exact) mass is 404 g/mol. The van der Waals surface area contributed by atoms with Crippen LogP contribution in [0, 0.1) is 0 Å². The fourth-order valence-corrected chi connectivity index (χ4v) is 3.91. The molecule has 0 aliphatic carbocycles. The van der Waals surface area contributed by atoms with E-state index in [0.717, 1.165) is 45.7 Å². The lowest BCUT2D eigenvalue weighted by molar-refractivity contribution is -0.130. The molecule has 1 aromatic rings. The number of anilines is 1. The van der Waals surface area contributed by atoms with Crippen molar-refractivity contribution in [3.05, 3.63) is 24.3 Å². The molecule has 0 aromatic heterocycles. The number of piperidine rings is 1. The van der Waals surface area contributed by atoms with E-state index in [2.05, 4.69) is 10.2 Å². The summed E-state index contributed by atoms with van der Waals surface area (Å²) >= 11 is 0. The zero-order valence-electron chi connectivity index (χ0n) is 17.4. The first-order chi connectivity index (χ1) is 14.1. The molecule has 0 atom stereocenters. The molecule has 0 bridgehead atoms. The summed E-state index contributed by atoms with van der Waals surface area (Å²) in [5.41, 5.74) is 0.715. The lowest BCUT2D eigenvalue weighted by atomic mass is 10.0. The first kappa shape index (κ1) is 21.4. The fraction of sp³-hybridized carbons (Fsp3) is 0.619. The van der Waals surface area contributed by atoms with Crippen LogP contribution in [0.5, 0.6) is 5.75 Å². The molecule has 3 rings (SSSR count). The van der Waals surface area contributed by atoms with Gasteiger partial charge >= 0.3 is 6.03 Å². The number of methoxy groups -OCH3 is 1. The van der Waals surface area contributed by atoms with Gasteiger partial charge in [0.2, 0.25) is 5.91 Å². The van der Waals surface area contributed by atoms with Gasteiger partial charge in [-0.2, -0.15) is 0 Å². The third-order valence-corrected chi connectivity index (χ3v) is 5.69. The van der Waals surface area contributed by atoms with Gasteiger partial charge in [-0.25, -0.2) is 4.79 Å². The van der Waals surface area contributed by atoms with Crippen LogP contribution in [0.1, 0.15) is 19.8 Å². The van der Waals surface area contributed by atoms with Gasteiger partial charge in [-0.05, 0) is 25.0 Å². The summed E-state index contributed by atoms with van der Waals surface area (Å²) in [6, 6.07) is 7.40. The van der Waals surface area contributed by atoms with Crippen LogP contribution in [0.15, 0.2) is 24.3 Å². The summed E-state index contributed by atoms with van der Waals surface area (Å²) in [6.45, 7) is 7.75. The van der Waals surface area contributed by atoms with E-state index in [0.29, 0.717) is 31.1 Å². The Kier molecular flexibility index (Phi) is 7.71. The van der Waals surface area contributed by atoms with Gasteiger partial charge in [0.05, 0.1) is 20.3 Å². The normalized spacial score (nSPS) is 18.3. The van der Waals surface area contributed by atoms with E-state index in [1.807, 2.05) is 34.1 Å². The van der Waals surface area contributed by atoms with Crippen molar-refractivity contribution in [1.82, 2.24) is 14.7 Å². The highest BCUT2D eigenvalue weighted by Gasteiger charge is 2.29. The Balaban J connectivity index is 1.65. The summed E-state index contributed by atoms with van der Waals surface area (Å²) in [6.07, 6.45) is 1.60. The van der Waals surface area contributed by atoms with Gasteiger partial charge in [0.25, 0.3) is 0 Å². The zero-order chi connectivity index (χ0) is 20.6. The molecule has 2 saturated heterocycles. The maximum absolute atomic E-state index is 13.1. The van der Waals surface area contributed by atoms with Crippen molar-refractivity contribution in [2.75, 3.05) is 64.9 Å². The molecule has 0 radical (unpaired) electrons. The number of likely N-dealkylation sites (tertiary alicyclic amines) is 1. The van der Waals surface area contributed by atoms with Crippen molar-refractivity contribution in [3.8, 4) is 5.75 Å². The van der Waals surface area contributed by atoms with E-state index >= 15 is 0 Å². The Morgan fingerprint density at radius 3 is 2.59 bits per heavy atom. The smallest absolute Gasteiger partial charge is 0.322 e. The minimum atomic E-state index is -0.104. The Morgan fingerprint density at radius 2 is 1.93 bits per heavy atom. The molecule has 2 aliphatic heterocycles. The molecule has 2 fully saturated rings. The molecule has 3 amide bonds. The van der Waals surface area contributed by atoms with Crippen molar-refractivity contribution < 1.29 is 19.1 Å².